The average Bonchev–Trinajstić information content (AvgIpc) is 3.21. The van der Waals surface area contributed by atoms with Gasteiger partial charge in [-0.05, 0) is 44.2 Å². The zero-order valence-electron chi connectivity index (χ0n) is 13.7. The maximum absolute atomic E-state index is 12.0. The van der Waals surface area contributed by atoms with E-state index in [0.29, 0.717) is 18.0 Å². The molecule has 0 aliphatic rings. The van der Waals surface area contributed by atoms with Gasteiger partial charge in [0.25, 0.3) is 0 Å². The molecule has 0 aliphatic carbocycles. The van der Waals surface area contributed by atoms with Crippen molar-refractivity contribution in [2.75, 3.05) is 6.61 Å². The standard InChI is InChI=1S/C17H19N5O2/c1-13-19-14(2)22(20-13)16-7-5-15(6-8-16)17(23)24-12-4-11-21-10-3-9-18-21/h3,5-10H,4,11-12H2,1-2H3. The number of nitrogens with zero attached hydrogens (tertiary/aromatic N) is 5. The van der Waals surface area contributed by atoms with Crippen molar-refractivity contribution in [3.05, 3.63) is 59.9 Å². The Kier molecular flexibility index (Phi) is 4.69. The Morgan fingerprint density at radius 2 is 2.00 bits per heavy atom. The van der Waals surface area contributed by atoms with E-state index < -0.39 is 0 Å². The van der Waals surface area contributed by atoms with Crippen molar-refractivity contribution < 1.29 is 9.53 Å². The molecule has 0 unspecified atom stereocenters. The first-order valence-corrected chi connectivity index (χ1v) is 7.79. The second-order valence-corrected chi connectivity index (χ2v) is 5.42. The Bertz CT molecular complexity index is 806. The van der Waals surface area contributed by atoms with E-state index in [9.17, 15) is 4.79 Å². The minimum absolute atomic E-state index is 0.325. The van der Waals surface area contributed by atoms with Crippen LogP contribution >= 0.6 is 0 Å². The lowest BCUT2D eigenvalue weighted by molar-refractivity contribution is 0.0495. The second kappa shape index (κ2) is 7.08. The number of aromatic nitrogens is 5. The fraction of sp³-hybridized carbons (Fsp3) is 0.294. The van der Waals surface area contributed by atoms with E-state index in [0.717, 1.165) is 24.5 Å². The molecule has 3 aromatic rings. The molecule has 7 heteroatoms. The van der Waals surface area contributed by atoms with Gasteiger partial charge in [-0.1, -0.05) is 0 Å². The molecule has 0 bridgehead atoms. The Morgan fingerprint density at radius 1 is 1.21 bits per heavy atom. The van der Waals surface area contributed by atoms with Crippen LogP contribution in [-0.2, 0) is 11.3 Å². The van der Waals surface area contributed by atoms with E-state index in [-0.39, 0.29) is 5.97 Å². The number of hydrogen-bond acceptors (Lipinski definition) is 5. The van der Waals surface area contributed by atoms with Crippen LogP contribution in [0.2, 0.25) is 0 Å². The number of ether oxygens (including phenoxy) is 1. The summed E-state index contributed by atoms with van der Waals surface area (Å²) in [7, 11) is 0. The zero-order valence-corrected chi connectivity index (χ0v) is 13.7. The highest BCUT2D eigenvalue weighted by Crippen LogP contribution is 2.12. The van der Waals surface area contributed by atoms with Gasteiger partial charge in [0, 0.05) is 25.4 Å². The topological polar surface area (TPSA) is 74.8 Å². The normalized spacial score (nSPS) is 10.8. The van der Waals surface area contributed by atoms with Gasteiger partial charge in [0.15, 0.2) is 0 Å². The van der Waals surface area contributed by atoms with Crippen LogP contribution in [0.4, 0.5) is 0 Å². The summed E-state index contributed by atoms with van der Waals surface area (Å²) in [6.07, 6.45) is 4.34. The number of carbonyl (C=O) groups excluding carboxylic acids is 1. The second-order valence-electron chi connectivity index (χ2n) is 5.42. The SMILES string of the molecule is Cc1nc(C)n(-c2ccc(C(=O)OCCCn3cccn3)cc2)n1. The minimum Gasteiger partial charge on any atom is -0.462 e. The molecule has 0 fully saturated rings. The van der Waals surface area contributed by atoms with Crippen LogP contribution in [0.3, 0.4) is 0 Å². The molecule has 1 aromatic carbocycles. The number of esters is 1. The van der Waals surface area contributed by atoms with E-state index >= 15 is 0 Å². The third-order valence-electron chi connectivity index (χ3n) is 3.55. The molecule has 2 aromatic heterocycles. The third-order valence-corrected chi connectivity index (χ3v) is 3.55. The van der Waals surface area contributed by atoms with Crippen LogP contribution in [-0.4, -0.2) is 37.1 Å². The van der Waals surface area contributed by atoms with E-state index in [1.807, 2.05) is 42.9 Å². The van der Waals surface area contributed by atoms with Crippen LogP contribution in [0.15, 0.2) is 42.7 Å². The molecule has 7 nitrogen and oxygen atoms in total. The van der Waals surface area contributed by atoms with Crippen molar-refractivity contribution in [2.45, 2.75) is 26.8 Å². The highest BCUT2D eigenvalue weighted by atomic mass is 16.5. The maximum Gasteiger partial charge on any atom is 0.338 e. The minimum atomic E-state index is -0.325. The first-order chi connectivity index (χ1) is 11.6. The maximum atomic E-state index is 12.0. The lowest BCUT2D eigenvalue weighted by atomic mass is 10.2. The number of aryl methyl sites for hydroxylation is 3. The number of hydrogen-bond donors (Lipinski definition) is 0. The highest BCUT2D eigenvalue weighted by molar-refractivity contribution is 5.89. The van der Waals surface area contributed by atoms with Gasteiger partial charge in [-0.3, -0.25) is 4.68 Å². The summed E-state index contributed by atoms with van der Waals surface area (Å²) >= 11 is 0. The summed E-state index contributed by atoms with van der Waals surface area (Å²) in [6.45, 7) is 4.83. The predicted octanol–water partition coefficient (Wildman–Crippen LogP) is 2.33. The van der Waals surface area contributed by atoms with Crippen molar-refractivity contribution in [3.8, 4) is 5.69 Å². The van der Waals surface area contributed by atoms with Gasteiger partial charge in [-0.15, -0.1) is 0 Å². The first kappa shape index (κ1) is 15.9. The molecule has 124 valence electrons. The van der Waals surface area contributed by atoms with E-state index in [1.54, 1.807) is 23.0 Å². The third kappa shape index (κ3) is 3.68. The smallest absolute Gasteiger partial charge is 0.338 e. The Balaban J connectivity index is 1.55. The van der Waals surface area contributed by atoms with Gasteiger partial charge in [0.2, 0.25) is 0 Å². The summed E-state index contributed by atoms with van der Waals surface area (Å²) in [4.78, 5) is 16.3. The van der Waals surface area contributed by atoms with E-state index in [2.05, 4.69) is 15.2 Å². The predicted molar refractivity (Wildman–Crippen MR) is 88.0 cm³/mol. The van der Waals surface area contributed by atoms with Gasteiger partial charge in [-0.2, -0.15) is 10.2 Å². The molecule has 0 saturated carbocycles. The van der Waals surface area contributed by atoms with Crippen molar-refractivity contribution in [1.29, 1.82) is 0 Å². The van der Waals surface area contributed by atoms with E-state index in [4.69, 9.17) is 4.74 Å². The van der Waals surface area contributed by atoms with Crippen LogP contribution < -0.4 is 0 Å². The highest BCUT2D eigenvalue weighted by Gasteiger charge is 2.09. The molecule has 24 heavy (non-hydrogen) atoms. The van der Waals surface area contributed by atoms with Crippen LogP contribution in [0.1, 0.15) is 28.4 Å². The summed E-state index contributed by atoms with van der Waals surface area (Å²) in [5, 5.41) is 8.42. The molecule has 2 heterocycles. The van der Waals surface area contributed by atoms with Crippen molar-refractivity contribution in [3.63, 3.8) is 0 Å². The largest absolute Gasteiger partial charge is 0.462 e. The van der Waals surface area contributed by atoms with Crippen molar-refractivity contribution in [1.82, 2.24) is 24.5 Å². The summed E-state index contributed by atoms with van der Waals surface area (Å²) < 4.78 is 8.84. The molecule has 0 N–H and O–H groups in total. The Morgan fingerprint density at radius 3 is 2.62 bits per heavy atom. The number of benzene rings is 1. The average molecular weight is 325 g/mol. The zero-order chi connectivity index (χ0) is 16.9. The lowest BCUT2D eigenvalue weighted by Crippen LogP contribution is -2.09. The number of carbonyl (C=O) groups is 1. The monoisotopic (exact) mass is 325 g/mol. The lowest BCUT2D eigenvalue weighted by Gasteiger charge is -2.07. The summed E-state index contributed by atoms with van der Waals surface area (Å²) in [5.41, 5.74) is 1.38. The van der Waals surface area contributed by atoms with E-state index in [1.165, 1.54) is 0 Å². The van der Waals surface area contributed by atoms with Gasteiger partial charge < -0.3 is 4.74 Å². The molecular formula is C17H19N5O2. The molecule has 0 amide bonds. The summed E-state index contributed by atoms with van der Waals surface area (Å²) in [6, 6.07) is 9.01. The molecule has 0 saturated heterocycles. The quantitative estimate of drug-likeness (QED) is 0.513. The van der Waals surface area contributed by atoms with Gasteiger partial charge >= 0.3 is 5.97 Å². The van der Waals surface area contributed by atoms with Gasteiger partial charge in [0.05, 0.1) is 17.9 Å². The molecule has 0 radical (unpaired) electrons. The van der Waals surface area contributed by atoms with Crippen molar-refractivity contribution in [2.24, 2.45) is 0 Å². The van der Waals surface area contributed by atoms with Gasteiger partial charge in [-0.25, -0.2) is 14.5 Å². The summed E-state index contributed by atoms with van der Waals surface area (Å²) in [5.74, 6) is 1.20. The van der Waals surface area contributed by atoms with Crippen LogP contribution in [0.5, 0.6) is 0 Å². The number of rotatable bonds is 6. The van der Waals surface area contributed by atoms with Crippen molar-refractivity contribution >= 4 is 5.97 Å². The van der Waals surface area contributed by atoms with Gasteiger partial charge in [0.1, 0.15) is 11.6 Å². The van der Waals surface area contributed by atoms with Crippen LogP contribution in [0.25, 0.3) is 5.69 Å². The molecule has 0 spiro atoms. The Labute approximate surface area is 139 Å². The first-order valence-electron chi connectivity index (χ1n) is 7.79. The molecule has 3 rings (SSSR count). The van der Waals surface area contributed by atoms with Crippen LogP contribution in [0, 0.1) is 13.8 Å². The fourth-order valence-electron chi connectivity index (χ4n) is 2.41. The molecular weight excluding hydrogens is 306 g/mol. The fourth-order valence-corrected chi connectivity index (χ4v) is 2.41. The molecule has 0 atom stereocenters. The molecule has 0 aliphatic heterocycles. The Hall–Kier alpha value is -2.96.